The highest BCUT2D eigenvalue weighted by atomic mass is 32.2. The minimum absolute atomic E-state index is 0.0581. The van der Waals surface area contributed by atoms with Gasteiger partial charge in [-0.05, 0) is 12.1 Å². The molecular formula is C16H20N2O3S. The third-order valence-electron chi connectivity index (χ3n) is 3.95. The average Bonchev–Trinajstić information content (AvgIpc) is 2.88. The molecule has 1 aromatic carbocycles. The second-order valence-corrected chi connectivity index (χ2v) is 7.01. The molecule has 1 aromatic rings. The van der Waals surface area contributed by atoms with E-state index in [1.165, 1.54) is 11.8 Å². The van der Waals surface area contributed by atoms with E-state index in [1.54, 1.807) is 6.92 Å². The molecule has 2 fully saturated rings. The van der Waals surface area contributed by atoms with Crippen LogP contribution in [0.5, 0.6) is 0 Å². The monoisotopic (exact) mass is 320 g/mol. The first-order valence-corrected chi connectivity index (χ1v) is 8.42. The zero-order valence-electron chi connectivity index (χ0n) is 12.7. The summed E-state index contributed by atoms with van der Waals surface area (Å²) in [6.45, 7) is 5.26. The summed E-state index contributed by atoms with van der Waals surface area (Å²) >= 11 is 1.27. The van der Waals surface area contributed by atoms with Crippen LogP contribution in [0.3, 0.4) is 0 Å². The van der Waals surface area contributed by atoms with E-state index in [0.717, 1.165) is 24.5 Å². The summed E-state index contributed by atoms with van der Waals surface area (Å²) in [7, 11) is 0. The number of anilines is 2. The van der Waals surface area contributed by atoms with Gasteiger partial charge in [0.15, 0.2) is 5.12 Å². The van der Waals surface area contributed by atoms with Crippen LogP contribution in [0.15, 0.2) is 24.3 Å². The molecule has 2 saturated heterocycles. The van der Waals surface area contributed by atoms with E-state index < -0.39 is 0 Å². The second-order valence-electron chi connectivity index (χ2n) is 5.53. The van der Waals surface area contributed by atoms with Crippen molar-refractivity contribution in [1.29, 1.82) is 0 Å². The van der Waals surface area contributed by atoms with Crippen LogP contribution in [-0.2, 0) is 14.3 Å². The predicted octanol–water partition coefficient (Wildman–Crippen LogP) is 1.91. The number of para-hydroxylation sites is 2. The summed E-state index contributed by atoms with van der Waals surface area (Å²) in [6.07, 6.45) is 0.432. The number of nitrogens with zero attached hydrogens (tertiary/aromatic N) is 2. The smallest absolute Gasteiger partial charge is 0.228 e. The normalized spacial score (nSPS) is 22.2. The summed E-state index contributed by atoms with van der Waals surface area (Å²) in [5, 5.41) is 0.129. The Balaban J connectivity index is 1.82. The summed E-state index contributed by atoms with van der Waals surface area (Å²) in [5.74, 6) is 0.0967. The average molecular weight is 320 g/mol. The summed E-state index contributed by atoms with van der Waals surface area (Å²) in [6, 6.07) is 8.00. The molecule has 0 aromatic heterocycles. The molecule has 1 amide bonds. The minimum atomic E-state index is 0.0581. The van der Waals surface area contributed by atoms with E-state index in [9.17, 15) is 9.59 Å². The lowest BCUT2D eigenvalue weighted by atomic mass is 10.2. The number of amides is 1. The molecule has 0 radical (unpaired) electrons. The number of rotatable bonds is 3. The molecule has 3 rings (SSSR count). The lowest BCUT2D eigenvalue weighted by Gasteiger charge is -2.32. The number of ether oxygens (including phenoxy) is 1. The van der Waals surface area contributed by atoms with Gasteiger partial charge >= 0.3 is 0 Å². The Labute approximate surface area is 134 Å². The Bertz CT molecular complexity index is 572. The molecule has 2 aliphatic heterocycles. The summed E-state index contributed by atoms with van der Waals surface area (Å²) in [4.78, 5) is 27.7. The molecule has 2 aliphatic rings. The first kappa shape index (κ1) is 15.4. The molecular weight excluding hydrogens is 300 g/mol. The third kappa shape index (κ3) is 3.28. The first-order chi connectivity index (χ1) is 10.6. The number of benzene rings is 1. The topological polar surface area (TPSA) is 49.9 Å². The fraction of sp³-hybridized carbons (Fsp3) is 0.500. The Kier molecular flexibility index (Phi) is 4.69. The molecule has 6 heteroatoms. The van der Waals surface area contributed by atoms with Gasteiger partial charge in [0.05, 0.1) is 24.6 Å². The maximum atomic E-state index is 12.4. The highest BCUT2D eigenvalue weighted by molar-refractivity contribution is 8.14. The van der Waals surface area contributed by atoms with Crippen LogP contribution in [0.2, 0.25) is 0 Å². The second kappa shape index (κ2) is 6.71. The molecule has 118 valence electrons. The largest absolute Gasteiger partial charge is 0.378 e. The van der Waals surface area contributed by atoms with Gasteiger partial charge in [0, 0.05) is 38.2 Å². The quantitative estimate of drug-likeness (QED) is 0.851. The predicted molar refractivity (Wildman–Crippen MR) is 88.5 cm³/mol. The van der Waals surface area contributed by atoms with Crippen LogP contribution in [0.1, 0.15) is 13.3 Å². The maximum absolute atomic E-state index is 12.4. The standard InChI is InChI=1S/C16H20N2O3S/c1-12(19)22-13-10-16(20)18(11-13)15-5-3-2-4-14(15)17-6-8-21-9-7-17/h2-5,13H,6-11H2,1H3. The van der Waals surface area contributed by atoms with Gasteiger partial charge in [0.25, 0.3) is 0 Å². The van der Waals surface area contributed by atoms with Crippen LogP contribution >= 0.6 is 11.8 Å². The van der Waals surface area contributed by atoms with Crippen LogP contribution in [0.25, 0.3) is 0 Å². The van der Waals surface area contributed by atoms with Crippen molar-refractivity contribution in [2.24, 2.45) is 0 Å². The molecule has 2 heterocycles. The molecule has 0 aliphatic carbocycles. The maximum Gasteiger partial charge on any atom is 0.228 e. The number of thioether (sulfide) groups is 1. The Hall–Kier alpha value is -1.53. The number of hydrogen-bond acceptors (Lipinski definition) is 5. The molecule has 22 heavy (non-hydrogen) atoms. The van der Waals surface area contributed by atoms with Crippen molar-refractivity contribution in [1.82, 2.24) is 0 Å². The van der Waals surface area contributed by atoms with Crippen LogP contribution in [0, 0.1) is 0 Å². The van der Waals surface area contributed by atoms with E-state index in [4.69, 9.17) is 4.74 Å². The van der Waals surface area contributed by atoms with Crippen molar-refractivity contribution in [3.05, 3.63) is 24.3 Å². The Morgan fingerprint density at radius 2 is 1.91 bits per heavy atom. The van der Waals surface area contributed by atoms with Crippen molar-refractivity contribution in [3.8, 4) is 0 Å². The van der Waals surface area contributed by atoms with Crippen LogP contribution < -0.4 is 9.80 Å². The summed E-state index contributed by atoms with van der Waals surface area (Å²) in [5.41, 5.74) is 2.02. The highest BCUT2D eigenvalue weighted by Gasteiger charge is 2.33. The fourth-order valence-corrected chi connectivity index (χ4v) is 3.90. The molecule has 0 bridgehead atoms. The van der Waals surface area contributed by atoms with E-state index in [1.807, 2.05) is 23.1 Å². The fourth-order valence-electron chi connectivity index (χ4n) is 2.99. The zero-order chi connectivity index (χ0) is 15.5. The number of carbonyl (C=O) groups excluding carboxylic acids is 2. The van der Waals surface area contributed by atoms with Gasteiger partial charge in [-0.15, -0.1) is 0 Å². The molecule has 1 atom stereocenters. The van der Waals surface area contributed by atoms with Crippen molar-refractivity contribution >= 4 is 34.2 Å². The number of carbonyl (C=O) groups is 2. The van der Waals surface area contributed by atoms with Gasteiger partial charge in [-0.3, -0.25) is 9.59 Å². The number of morpholine rings is 1. The third-order valence-corrected chi connectivity index (χ3v) is 4.93. The zero-order valence-corrected chi connectivity index (χ0v) is 13.5. The van der Waals surface area contributed by atoms with E-state index in [2.05, 4.69) is 11.0 Å². The Morgan fingerprint density at radius 3 is 2.59 bits per heavy atom. The van der Waals surface area contributed by atoms with Crippen molar-refractivity contribution in [3.63, 3.8) is 0 Å². The van der Waals surface area contributed by atoms with Crippen LogP contribution in [0.4, 0.5) is 11.4 Å². The van der Waals surface area contributed by atoms with E-state index in [0.29, 0.717) is 26.2 Å². The van der Waals surface area contributed by atoms with Crippen molar-refractivity contribution < 1.29 is 14.3 Å². The van der Waals surface area contributed by atoms with Gasteiger partial charge < -0.3 is 14.5 Å². The highest BCUT2D eigenvalue weighted by Crippen LogP contribution is 2.35. The van der Waals surface area contributed by atoms with Crippen LogP contribution in [-0.4, -0.2) is 49.1 Å². The Morgan fingerprint density at radius 1 is 1.23 bits per heavy atom. The minimum Gasteiger partial charge on any atom is -0.378 e. The van der Waals surface area contributed by atoms with Gasteiger partial charge in [0.1, 0.15) is 0 Å². The van der Waals surface area contributed by atoms with Gasteiger partial charge in [-0.1, -0.05) is 23.9 Å². The number of hydrogen-bond donors (Lipinski definition) is 0. The SMILES string of the molecule is CC(=O)SC1CC(=O)N(c2ccccc2N2CCOCC2)C1. The van der Waals surface area contributed by atoms with E-state index in [-0.39, 0.29) is 16.3 Å². The first-order valence-electron chi connectivity index (χ1n) is 7.54. The molecule has 5 nitrogen and oxygen atoms in total. The lowest BCUT2D eigenvalue weighted by molar-refractivity contribution is -0.117. The molecule has 0 N–H and O–H groups in total. The lowest BCUT2D eigenvalue weighted by Crippen LogP contribution is -2.37. The van der Waals surface area contributed by atoms with E-state index >= 15 is 0 Å². The van der Waals surface area contributed by atoms with Crippen molar-refractivity contribution in [2.75, 3.05) is 42.6 Å². The van der Waals surface area contributed by atoms with Gasteiger partial charge in [-0.2, -0.15) is 0 Å². The van der Waals surface area contributed by atoms with Gasteiger partial charge in [-0.25, -0.2) is 0 Å². The summed E-state index contributed by atoms with van der Waals surface area (Å²) < 4.78 is 5.41. The molecule has 0 spiro atoms. The van der Waals surface area contributed by atoms with Crippen molar-refractivity contribution in [2.45, 2.75) is 18.6 Å². The molecule has 1 unspecified atom stereocenters. The van der Waals surface area contributed by atoms with Gasteiger partial charge in [0.2, 0.25) is 5.91 Å². The molecule has 0 saturated carbocycles.